The van der Waals surface area contributed by atoms with E-state index in [1.165, 1.54) is 12.8 Å². The van der Waals surface area contributed by atoms with Crippen LogP contribution >= 0.6 is 28.1 Å². The molecule has 0 saturated carbocycles. The van der Waals surface area contributed by atoms with Gasteiger partial charge in [-0.25, -0.2) is 0 Å². The lowest BCUT2D eigenvalue weighted by atomic mass is 9.99. The van der Waals surface area contributed by atoms with Crippen LogP contribution in [0.15, 0.2) is 28.7 Å². The fraction of sp³-hybridized carbons (Fsp3) is 0.462. The Hall–Kier alpha value is -0.410. The van der Waals surface area contributed by atoms with Crippen molar-refractivity contribution >= 4 is 33.1 Å². The van der Waals surface area contributed by atoms with E-state index in [1.807, 2.05) is 12.1 Å². The third-order valence-electron chi connectivity index (χ3n) is 3.16. The normalized spacial score (nSPS) is 17.5. The van der Waals surface area contributed by atoms with Crippen molar-refractivity contribution < 1.29 is 0 Å². The minimum Gasteiger partial charge on any atom is -0.362 e. The molecular formula is C13H16BrNS. The van der Waals surface area contributed by atoms with E-state index in [-0.39, 0.29) is 0 Å². The topological polar surface area (TPSA) is 3.24 Å². The Kier molecular flexibility index (Phi) is 3.98. The van der Waals surface area contributed by atoms with E-state index in [4.69, 9.17) is 12.2 Å². The van der Waals surface area contributed by atoms with Gasteiger partial charge < -0.3 is 4.90 Å². The number of nitrogens with zero attached hydrogens (tertiary/aromatic N) is 1. The lowest BCUT2D eigenvalue weighted by molar-refractivity contribution is 0.284. The van der Waals surface area contributed by atoms with Gasteiger partial charge in [-0.2, -0.15) is 0 Å². The summed E-state index contributed by atoms with van der Waals surface area (Å²) in [7, 11) is 0. The molecule has 0 atom stereocenters. The zero-order valence-electron chi connectivity index (χ0n) is 9.45. The minimum atomic E-state index is 0.851. The highest BCUT2D eigenvalue weighted by Gasteiger charge is 2.18. The molecule has 16 heavy (non-hydrogen) atoms. The molecule has 1 fully saturated rings. The lowest BCUT2D eigenvalue weighted by Crippen LogP contribution is -2.37. The van der Waals surface area contributed by atoms with Crippen LogP contribution in [0.4, 0.5) is 0 Å². The number of hydrogen-bond acceptors (Lipinski definition) is 1. The molecule has 2 rings (SSSR count). The molecule has 0 radical (unpaired) electrons. The summed E-state index contributed by atoms with van der Waals surface area (Å²) < 4.78 is 1.10. The lowest BCUT2D eigenvalue weighted by Gasteiger charge is -2.32. The molecule has 1 aliphatic rings. The highest BCUT2D eigenvalue weighted by Crippen LogP contribution is 2.19. The van der Waals surface area contributed by atoms with Crippen LogP contribution in [0, 0.1) is 5.92 Å². The summed E-state index contributed by atoms with van der Waals surface area (Å²) in [5.41, 5.74) is 1.16. The molecule has 0 amide bonds. The Labute approximate surface area is 111 Å². The van der Waals surface area contributed by atoms with Crippen molar-refractivity contribution in [2.24, 2.45) is 5.92 Å². The molecular weight excluding hydrogens is 282 g/mol. The van der Waals surface area contributed by atoms with Crippen molar-refractivity contribution in [2.75, 3.05) is 13.1 Å². The number of rotatable bonds is 1. The van der Waals surface area contributed by atoms with Gasteiger partial charge in [-0.15, -0.1) is 0 Å². The summed E-state index contributed by atoms with van der Waals surface area (Å²) in [5, 5.41) is 0. The molecule has 86 valence electrons. The Balaban J connectivity index is 2.05. The molecule has 1 aromatic rings. The average Bonchev–Trinajstić information content (AvgIpc) is 2.30. The zero-order valence-corrected chi connectivity index (χ0v) is 11.9. The van der Waals surface area contributed by atoms with Gasteiger partial charge in [-0.3, -0.25) is 0 Å². The van der Waals surface area contributed by atoms with Gasteiger partial charge in [-0.1, -0.05) is 47.2 Å². The second-order valence-corrected chi connectivity index (χ2v) is 5.78. The first-order valence-electron chi connectivity index (χ1n) is 5.71. The van der Waals surface area contributed by atoms with Gasteiger partial charge in [0, 0.05) is 23.1 Å². The zero-order chi connectivity index (χ0) is 11.5. The van der Waals surface area contributed by atoms with E-state index in [2.05, 4.69) is 39.9 Å². The predicted octanol–water partition coefficient (Wildman–Crippen LogP) is 3.86. The Morgan fingerprint density at radius 2 is 1.81 bits per heavy atom. The van der Waals surface area contributed by atoms with Crippen LogP contribution in [0.3, 0.4) is 0 Å². The third kappa shape index (κ3) is 2.83. The summed E-state index contributed by atoms with van der Waals surface area (Å²) in [6, 6.07) is 8.28. The molecule has 0 bridgehead atoms. The number of benzene rings is 1. The van der Waals surface area contributed by atoms with Gasteiger partial charge in [0.15, 0.2) is 0 Å². The van der Waals surface area contributed by atoms with E-state index in [1.54, 1.807) is 0 Å². The van der Waals surface area contributed by atoms with Crippen LogP contribution in [-0.2, 0) is 0 Å². The van der Waals surface area contributed by atoms with Crippen molar-refractivity contribution in [2.45, 2.75) is 19.8 Å². The first-order valence-corrected chi connectivity index (χ1v) is 6.92. The van der Waals surface area contributed by atoms with Gasteiger partial charge in [0.2, 0.25) is 0 Å². The molecule has 0 aromatic heterocycles. The van der Waals surface area contributed by atoms with Crippen LogP contribution in [0.25, 0.3) is 0 Å². The van der Waals surface area contributed by atoms with Gasteiger partial charge in [0.05, 0.1) is 0 Å². The standard InChI is InChI=1S/C13H16BrNS/c1-10-6-8-15(9-7-10)13(16)11-2-4-12(14)5-3-11/h2-5,10H,6-9H2,1H3. The van der Waals surface area contributed by atoms with Crippen molar-refractivity contribution in [3.63, 3.8) is 0 Å². The number of thiocarbonyl (C=S) groups is 1. The number of piperidine rings is 1. The van der Waals surface area contributed by atoms with E-state index in [9.17, 15) is 0 Å². The van der Waals surface area contributed by atoms with Crippen molar-refractivity contribution in [3.05, 3.63) is 34.3 Å². The second kappa shape index (κ2) is 5.28. The number of hydrogen-bond donors (Lipinski definition) is 0. The summed E-state index contributed by atoms with van der Waals surface area (Å²) >= 11 is 8.97. The first kappa shape index (κ1) is 12.1. The molecule has 1 aromatic carbocycles. The highest BCUT2D eigenvalue weighted by molar-refractivity contribution is 9.10. The van der Waals surface area contributed by atoms with Crippen LogP contribution in [0.1, 0.15) is 25.3 Å². The molecule has 0 spiro atoms. The summed E-state index contributed by atoms with van der Waals surface area (Å²) in [4.78, 5) is 3.33. The minimum absolute atomic E-state index is 0.851. The van der Waals surface area contributed by atoms with Crippen LogP contribution in [0.2, 0.25) is 0 Å². The Bertz CT molecular complexity index is 366. The van der Waals surface area contributed by atoms with Gasteiger partial charge in [0.1, 0.15) is 4.99 Å². The maximum atomic E-state index is 5.53. The SMILES string of the molecule is CC1CCN(C(=S)c2ccc(Br)cc2)CC1. The first-order chi connectivity index (χ1) is 7.66. The van der Waals surface area contributed by atoms with E-state index in [0.29, 0.717) is 0 Å². The molecule has 0 N–H and O–H groups in total. The quantitative estimate of drug-likeness (QED) is 0.724. The van der Waals surface area contributed by atoms with E-state index >= 15 is 0 Å². The molecule has 1 aliphatic heterocycles. The van der Waals surface area contributed by atoms with Gasteiger partial charge in [-0.05, 0) is 30.9 Å². The van der Waals surface area contributed by atoms with Crippen LogP contribution in [0.5, 0.6) is 0 Å². The maximum Gasteiger partial charge on any atom is 0.109 e. The Morgan fingerprint density at radius 1 is 1.25 bits per heavy atom. The van der Waals surface area contributed by atoms with E-state index in [0.717, 1.165) is 34.0 Å². The van der Waals surface area contributed by atoms with E-state index < -0.39 is 0 Å². The average molecular weight is 298 g/mol. The third-order valence-corrected chi connectivity index (χ3v) is 4.18. The van der Waals surface area contributed by atoms with Crippen molar-refractivity contribution in [3.8, 4) is 0 Å². The number of halogens is 1. The summed E-state index contributed by atoms with van der Waals surface area (Å²) in [6.07, 6.45) is 2.52. The summed E-state index contributed by atoms with van der Waals surface area (Å²) in [5.74, 6) is 0.851. The fourth-order valence-electron chi connectivity index (χ4n) is 1.99. The summed E-state index contributed by atoms with van der Waals surface area (Å²) in [6.45, 7) is 4.53. The maximum absolute atomic E-state index is 5.53. The Morgan fingerprint density at radius 3 is 2.38 bits per heavy atom. The fourth-order valence-corrected chi connectivity index (χ4v) is 2.57. The van der Waals surface area contributed by atoms with Crippen LogP contribution in [-0.4, -0.2) is 23.0 Å². The molecule has 1 heterocycles. The van der Waals surface area contributed by atoms with Crippen molar-refractivity contribution in [1.82, 2.24) is 4.90 Å². The molecule has 1 saturated heterocycles. The van der Waals surface area contributed by atoms with Crippen LogP contribution < -0.4 is 0 Å². The molecule has 0 unspecified atom stereocenters. The second-order valence-electron chi connectivity index (χ2n) is 4.48. The van der Waals surface area contributed by atoms with Gasteiger partial charge >= 0.3 is 0 Å². The number of likely N-dealkylation sites (tertiary alicyclic amines) is 1. The van der Waals surface area contributed by atoms with Gasteiger partial charge in [0.25, 0.3) is 0 Å². The largest absolute Gasteiger partial charge is 0.362 e. The molecule has 3 heteroatoms. The monoisotopic (exact) mass is 297 g/mol. The molecule has 1 nitrogen and oxygen atoms in total. The predicted molar refractivity (Wildman–Crippen MR) is 75.8 cm³/mol. The van der Waals surface area contributed by atoms with Crippen molar-refractivity contribution in [1.29, 1.82) is 0 Å². The smallest absolute Gasteiger partial charge is 0.109 e. The highest BCUT2D eigenvalue weighted by atomic mass is 79.9. The molecule has 0 aliphatic carbocycles.